The Kier molecular flexibility index (Phi) is 5.00. The van der Waals surface area contributed by atoms with Crippen LogP contribution in [-0.2, 0) is 24.0 Å². The maximum absolute atomic E-state index is 12.5. The summed E-state index contributed by atoms with van der Waals surface area (Å²) in [6, 6.07) is 7.87. The number of hydrogen-bond acceptors (Lipinski definition) is 4. The average molecular weight is 445 g/mol. The number of benzene rings is 2. The number of carbonyl (C=O) groups excluding carboxylic acids is 3. The molecule has 0 aromatic heterocycles. The number of alkyl halides is 1. The van der Waals surface area contributed by atoms with Crippen molar-refractivity contribution in [2.45, 2.75) is 19.3 Å². The van der Waals surface area contributed by atoms with Crippen LogP contribution in [0.15, 0.2) is 24.3 Å². The molecular formula is C21H18BrO4P. The third-order valence-corrected chi connectivity index (χ3v) is 6.26. The van der Waals surface area contributed by atoms with E-state index >= 15 is 0 Å². The number of halogens is 1. The molecular weight excluding hydrogens is 427 g/mol. The first-order valence-corrected chi connectivity index (χ1v) is 11.4. The zero-order chi connectivity index (χ0) is 19.1. The molecule has 138 valence electrons. The second-order valence-corrected chi connectivity index (χ2v) is 8.29. The number of ketones is 2. The van der Waals surface area contributed by atoms with Gasteiger partial charge in [-0.25, -0.2) is 4.79 Å². The quantitative estimate of drug-likeness (QED) is 0.317. The van der Waals surface area contributed by atoms with Gasteiger partial charge in [0.15, 0.2) is 18.2 Å². The Hall–Kier alpha value is -1.84. The first-order chi connectivity index (χ1) is 13.0. The van der Waals surface area contributed by atoms with Crippen LogP contribution in [0.1, 0.15) is 43.0 Å². The van der Waals surface area contributed by atoms with Crippen molar-refractivity contribution in [3.05, 3.63) is 57.6 Å². The zero-order valence-corrected chi connectivity index (χ0v) is 17.4. The van der Waals surface area contributed by atoms with Gasteiger partial charge in [-0.05, 0) is 92.2 Å². The van der Waals surface area contributed by atoms with Crippen LogP contribution in [0.3, 0.4) is 0 Å². The van der Waals surface area contributed by atoms with Gasteiger partial charge < -0.3 is 4.74 Å². The van der Waals surface area contributed by atoms with Gasteiger partial charge in [0, 0.05) is 11.1 Å². The second kappa shape index (κ2) is 7.29. The number of ether oxygens (including phenoxy) is 1. The fraction of sp³-hybridized carbons (Fsp3) is 0.286. The van der Waals surface area contributed by atoms with Crippen molar-refractivity contribution in [3.8, 4) is 11.1 Å². The Bertz CT molecular complexity index is 996. The van der Waals surface area contributed by atoms with Crippen molar-refractivity contribution < 1.29 is 19.1 Å². The molecule has 4 rings (SSSR count). The summed E-state index contributed by atoms with van der Waals surface area (Å²) in [5.74, 6) is -0.0809. The third kappa shape index (κ3) is 3.28. The lowest BCUT2D eigenvalue weighted by Gasteiger charge is -2.21. The van der Waals surface area contributed by atoms with Crippen LogP contribution < -0.4 is 0 Å². The molecule has 0 amide bonds. The minimum absolute atomic E-state index is 0.0301. The van der Waals surface area contributed by atoms with Gasteiger partial charge in [0.2, 0.25) is 0 Å². The second-order valence-electron chi connectivity index (χ2n) is 6.82. The molecule has 0 bridgehead atoms. The summed E-state index contributed by atoms with van der Waals surface area (Å²) in [5.41, 5.74) is 8.17. The summed E-state index contributed by atoms with van der Waals surface area (Å²) in [5, 5.41) is 0.319. The lowest BCUT2D eigenvalue weighted by atomic mass is 9.83. The smallest absolute Gasteiger partial charge is 0.323 e. The van der Waals surface area contributed by atoms with E-state index in [0.717, 1.165) is 36.0 Å². The van der Waals surface area contributed by atoms with Gasteiger partial charge in [0.25, 0.3) is 0 Å². The van der Waals surface area contributed by atoms with E-state index in [0.29, 0.717) is 10.9 Å². The van der Waals surface area contributed by atoms with Gasteiger partial charge in [0.05, 0.1) is 5.33 Å². The molecule has 0 fully saturated rings. The molecule has 0 heterocycles. The summed E-state index contributed by atoms with van der Waals surface area (Å²) < 4.78 is 5.01. The van der Waals surface area contributed by atoms with Crippen LogP contribution in [0.5, 0.6) is 0 Å². The first kappa shape index (κ1) is 18.5. The van der Waals surface area contributed by atoms with Crippen LogP contribution in [0, 0.1) is 0 Å². The van der Waals surface area contributed by atoms with E-state index in [1.807, 2.05) is 24.3 Å². The highest BCUT2D eigenvalue weighted by molar-refractivity contribution is 9.09. The summed E-state index contributed by atoms with van der Waals surface area (Å²) in [4.78, 5) is 35.9. The Morgan fingerprint density at radius 3 is 1.96 bits per heavy atom. The van der Waals surface area contributed by atoms with E-state index in [1.54, 1.807) is 6.66 Å². The zero-order valence-electron chi connectivity index (χ0n) is 14.9. The standard InChI is InChI=1S/C21H18BrO4P/c1-27-21(25)26-10-18(24)14-5-12-3-2-11-4-13(17(23)9-22)6-15-8-16(7-14)20(12)19(11)15/h4-7,27H,2-3,8-10H2,1H3. The fourth-order valence-electron chi connectivity index (χ4n) is 4.01. The highest BCUT2D eigenvalue weighted by atomic mass is 79.9. The number of Topliss-reactive ketones (excluding diaryl/α,β-unsaturated/α-hetero) is 2. The molecule has 0 spiro atoms. The molecule has 2 aromatic rings. The molecule has 27 heavy (non-hydrogen) atoms. The highest BCUT2D eigenvalue weighted by Gasteiger charge is 2.30. The average Bonchev–Trinajstić information content (AvgIpc) is 3.07. The van der Waals surface area contributed by atoms with Crippen molar-refractivity contribution in [2.75, 3.05) is 18.6 Å². The topological polar surface area (TPSA) is 60.4 Å². The van der Waals surface area contributed by atoms with E-state index in [-0.39, 0.29) is 32.5 Å². The fourth-order valence-corrected chi connectivity index (χ4v) is 4.55. The maximum atomic E-state index is 12.5. The first-order valence-electron chi connectivity index (χ1n) is 8.80. The lowest BCUT2D eigenvalue weighted by Crippen LogP contribution is -2.13. The molecule has 0 saturated heterocycles. The van der Waals surface area contributed by atoms with Crippen LogP contribution in [-0.4, -0.2) is 35.9 Å². The van der Waals surface area contributed by atoms with E-state index in [1.165, 1.54) is 22.3 Å². The maximum Gasteiger partial charge on any atom is 0.323 e. The van der Waals surface area contributed by atoms with Crippen molar-refractivity contribution in [1.82, 2.24) is 0 Å². The molecule has 0 aliphatic heterocycles. The summed E-state index contributed by atoms with van der Waals surface area (Å²) >= 11 is 3.25. The minimum Gasteiger partial charge on any atom is -0.454 e. The van der Waals surface area contributed by atoms with Crippen molar-refractivity contribution >= 4 is 41.8 Å². The highest BCUT2D eigenvalue weighted by Crippen LogP contribution is 2.46. The number of hydrogen-bond donors (Lipinski definition) is 0. The number of aryl methyl sites for hydroxylation is 2. The third-order valence-electron chi connectivity index (χ3n) is 5.20. The minimum atomic E-state index is -0.341. The van der Waals surface area contributed by atoms with Crippen LogP contribution in [0.4, 0.5) is 4.79 Å². The Morgan fingerprint density at radius 1 is 0.926 bits per heavy atom. The van der Waals surface area contributed by atoms with E-state index in [2.05, 4.69) is 15.9 Å². The molecule has 2 aliphatic rings. The molecule has 6 heteroatoms. The molecule has 0 N–H and O–H groups in total. The predicted molar refractivity (Wildman–Crippen MR) is 110 cm³/mol. The summed E-state index contributed by atoms with van der Waals surface area (Å²) in [6.07, 6.45) is 2.44. The van der Waals surface area contributed by atoms with Crippen LogP contribution in [0.25, 0.3) is 11.1 Å². The van der Waals surface area contributed by atoms with Crippen LogP contribution in [0.2, 0.25) is 0 Å². The van der Waals surface area contributed by atoms with E-state index in [4.69, 9.17) is 4.74 Å². The van der Waals surface area contributed by atoms with E-state index < -0.39 is 0 Å². The van der Waals surface area contributed by atoms with Gasteiger partial charge in [-0.1, -0.05) is 15.9 Å². The molecule has 2 aromatic carbocycles. The van der Waals surface area contributed by atoms with Gasteiger partial charge in [-0.2, -0.15) is 0 Å². The summed E-state index contributed by atoms with van der Waals surface area (Å²) in [6.45, 7) is 1.52. The number of rotatable bonds is 6. The van der Waals surface area contributed by atoms with Gasteiger partial charge in [0.1, 0.15) is 0 Å². The monoisotopic (exact) mass is 444 g/mol. The largest absolute Gasteiger partial charge is 0.454 e. The molecule has 0 saturated carbocycles. The lowest BCUT2D eigenvalue weighted by molar-refractivity contribution is 0.0876. The Morgan fingerprint density at radius 2 is 1.44 bits per heavy atom. The number of carbonyl (C=O) groups is 3. The van der Waals surface area contributed by atoms with E-state index in [9.17, 15) is 14.4 Å². The molecule has 2 aliphatic carbocycles. The van der Waals surface area contributed by atoms with Crippen molar-refractivity contribution in [1.29, 1.82) is 0 Å². The Labute approximate surface area is 167 Å². The Balaban J connectivity index is 1.70. The van der Waals surface area contributed by atoms with Crippen molar-refractivity contribution in [3.63, 3.8) is 0 Å². The molecule has 4 nitrogen and oxygen atoms in total. The molecule has 0 radical (unpaired) electrons. The van der Waals surface area contributed by atoms with Gasteiger partial charge in [-0.15, -0.1) is 0 Å². The molecule has 1 unspecified atom stereocenters. The normalized spacial score (nSPS) is 13.7. The predicted octanol–water partition coefficient (Wildman–Crippen LogP) is 4.56. The van der Waals surface area contributed by atoms with Gasteiger partial charge in [-0.3, -0.25) is 9.59 Å². The van der Waals surface area contributed by atoms with Crippen LogP contribution >= 0.6 is 24.5 Å². The summed E-state index contributed by atoms with van der Waals surface area (Å²) in [7, 11) is 0.0301. The SMILES string of the molecule is CPC(=O)OCC(=O)c1cc2c3c(c1)Cc1cc(C(=O)CBr)cc(c1-3)CC2. The van der Waals surface area contributed by atoms with Gasteiger partial charge >= 0.3 is 5.71 Å². The molecule has 1 atom stereocenters. The van der Waals surface area contributed by atoms with Crippen molar-refractivity contribution in [2.24, 2.45) is 0 Å².